The van der Waals surface area contributed by atoms with Crippen molar-refractivity contribution in [3.63, 3.8) is 0 Å². The normalized spacial score (nSPS) is 11.3. The summed E-state index contributed by atoms with van der Waals surface area (Å²) in [6.45, 7) is 0. The largest absolute Gasteiger partial charge is 0.477 e. The van der Waals surface area contributed by atoms with Crippen LogP contribution in [0.1, 0.15) is 9.67 Å². The van der Waals surface area contributed by atoms with E-state index in [4.69, 9.17) is 28.3 Å². The fourth-order valence-corrected chi connectivity index (χ4v) is 3.72. The van der Waals surface area contributed by atoms with E-state index in [9.17, 15) is 13.2 Å². The van der Waals surface area contributed by atoms with E-state index in [1.54, 1.807) is 0 Å². The summed E-state index contributed by atoms with van der Waals surface area (Å²) < 4.78 is 26.2. The Morgan fingerprint density at radius 2 is 2.00 bits per heavy atom. The summed E-state index contributed by atoms with van der Waals surface area (Å²) in [7, 11) is -3.97. The minimum absolute atomic E-state index is 0.0285. The summed E-state index contributed by atoms with van der Waals surface area (Å²) in [6.07, 6.45) is 0. The molecular formula is C9H5Cl2N3O4S2. The van der Waals surface area contributed by atoms with Gasteiger partial charge in [-0.25, -0.2) is 18.2 Å². The third-order valence-electron chi connectivity index (χ3n) is 2.00. The van der Waals surface area contributed by atoms with E-state index >= 15 is 0 Å². The van der Waals surface area contributed by atoms with Crippen LogP contribution in [0.3, 0.4) is 0 Å². The zero-order valence-electron chi connectivity index (χ0n) is 9.37. The highest BCUT2D eigenvalue weighted by molar-refractivity contribution is 7.92. The third kappa shape index (κ3) is 3.37. The molecular weight excluding hydrogens is 349 g/mol. The molecule has 0 aliphatic carbocycles. The molecule has 0 aliphatic rings. The van der Waals surface area contributed by atoms with Crippen molar-refractivity contribution in [1.29, 1.82) is 0 Å². The average molecular weight is 354 g/mol. The van der Waals surface area contributed by atoms with Gasteiger partial charge in [0.1, 0.15) is 15.8 Å². The minimum Gasteiger partial charge on any atom is -0.477 e. The van der Waals surface area contributed by atoms with Crippen LogP contribution in [0.5, 0.6) is 0 Å². The minimum atomic E-state index is -3.97. The predicted octanol–water partition coefficient (Wildman–Crippen LogP) is 2.34. The molecule has 2 aromatic heterocycles. The zero-order chi connectivity index (χ0) is 14.9. The van der Waals surface area contributed by atoms with Gasteiger partial charge < -0.3 is 5.11 Å². The lowest BCUT2D eigenvalue weighted by Gasteiger charge is -2.05. The number of hydrogen-bond donors (Lipinski definition) is 2. The first-order chi connectivity index (χ1) is 9.28. The molecule has 0 atom stereocenters. The maximum Gasteiger partial charge on any atom is 0.345 e. The molecule has 2 N–H and O–H groups in total. The number of carbonyl (C=O) groups is 1. The van der Waals surface area contributed by atoms with E-state index in [0.29, 0.717) is 0 Å². The van der Waals surface area contributed by atoms with Gasteiger partial charge in [0.2, 0.25) is 5.28 Å². The van der Waals surface area contributed by atoms with Crippen LogP contribution in [0.15, 0.2) is 22.4 Å². The molecule has 0 unspecified atom stereocenters. The lowest BCUT2D eigenvalue weighted by Crippen LogP contribution is -2.13. The number of carboxylic acids is 1. The van der Waals surface area contributed by atoms with Gasteiger partial charge in [0, 0.05) is 11.4 Å². The molecule has 106 valence electrons. The van der Waals surface area contributed by atoms with E-state index in [0.717, 1.165) is 17.4 Å². The van der Waals surface area contributed by atoms with E-state index in [-0.39, 0.29) is 26.0 Å². The summed E-state index contributed by atoms with van der Waals surface area (Å²) in [5, 5.41) is 9.73. The molecule has 11 heteroatoms. The summed E-state index contributed by atoms with van der Waals surface area (Å²) in [4.78, 5) is 17.7. The number of rotatable bonds is 4. The Morgan fingerprint density at radius 3 is 2.55 bits per heavy atom. The van der Waals surface area contributed by atoms with Crippen molar-refractivity contribution in [3.8, 4) is 0 Å². The Labute approximate surface area is 127 Å². The molecule has 0 amide bonds. The summed E-state index contributed by atoms with van der Waals surface area (Å²) in [5.74, 6) is -1.32. The quantitative estimate of drug-likeness (QED) is 0.644. The number of aromatic nitrogens is 2. The zero-order valence-corrected chi connectivity index (χ0v) is 12.5. The van der Waals surface area contributed by atoms with E-state index < -0.39 is 16.0 Å². The molecule has 2 rings (SSSR count). The van der Waals surface area contributed by atoms with Crippen LogP contribution in [0.25, 0.3) is 0 Å². The van der Waals surface area contributed by atoms with Crippen molar-refractivity contribution in [2.45, 2.75) is 4.90 Å². The number of thiophene rings is 1. The Hall–Kier alpha value is -1.42. The molecule has 0 saturated carbocycles. The van der Waals surface area contributed by atoms with Crippen molar-refractivity contribution in [3.05, 3.63) is 32.8 Å². The summed E-state index contributed by atoms with van der Waals surface area (Å²) in [5.41, 5.74) is 0. The van der Waals surface area contributed by atoms with Crippen molar-refractivity contribution in [2.24, 2.45) is 0 Å². The number of halogens is 2. The van der Waals surface area contributed by atoms with Gasteiger partial charge in [0.25, 0.3) is 10.0 Å². The van der Waals surface area contributed by atoms with Gasteiger partial charge in [-0.05, 0) is 17.7 Å². The van der Waals surface area contributed by atoms with Gasteiger partial charge in [0.15, 0.2) is 0 Å². The second-order valence-corrected chi connectivity index (χ2v) is 6.72. The maximum absolute atomic E-state index is 12.0. The van der Waals surface area contributed by atoms with Gasteiger partial charge in [-0.15, -0.1) is 11.3 Å². The van der Waals surface area contributed by atoms with Crippen LogP contribution in [-0.2, 0) is 10.0 Å². The highest BCUT2D eigenvalue weighted by atomic mass is 35.5. The highest BCUT2D eigenvalue weighted by Crippen LogP contribution is 2.22. The molecule has 20 heavy (non-hydrogen) atoms. The van der Waals surface area contributed by atoms with Crippen LogP contribution in [-0.4, -0.2) is 29.5 Å². The molecule has 7 nitrogen and oxygen atoms in total. The van der Waals surface area contributed by atoms with Crippen LogP contribution < -0.4 is 4.72 Å². The first kappa shape index (κ1) is 15.0. The summed E-state index contributed by atoms with van der Waals surface area (Å²) in [6, 6.07) is 2.22. The number of aromatic carboxylic acids is 1. The van der Waals surface area contributed by atoms with Gasteiger partial charge in [-0.3, -0.25) is 4.72 Å². The Balaban J connectivity index is 2.32. The number of sulfonamides is 1. The van der Waals surface area contributed by atoms with Crippen molar-refractivity contribution >= 4 is 56.3 Å². The second-order valence-electron chi connectivity index (χ2n) is 3.40. The smallest absolute Gasteiger partial charge is 0.345 e. The van der Waals surface area contributed by atoms with Crippen LogP contribution in [0.4, 0.5) is 5.82 Å². The number of hydrogen-bond acceptors (Lipinski definition) is 6. The Morgan fingerprint density at radius 1 is 1.30 bits per heavy atom. The Kier molecular flexibility index (Phi) is 4.14. The number of nitrogens with one attached hydrogen (secondary N) is 1. The average Bonchev–Trinajstić information content (AvgIpc) is 2.76. The number of anilines is 1. The lowest BCUT2D eigenvalue weighted by molar-refractivity contribution is 0.0702. The molecule has 2 heterocycles. The topological polar surface area (TPSA) is 109 Å². The van der Waals surface area contributed by atoms with Crippen LogP contribution in [0, 0.1) is 0 Å². The molecule has 2 aromatic rings. The maximum atomic E-state index is 12.0. The van der Waals surface area contributed by atoms with Gasteiger partial charge in [-0.2, -0.15) is 4.98 Å². The van der Waals surface area contributed by atoms with Crippen LogP contribution >= 0.6 is 34.5 Å². The van der Waals surface area contributed by atoms with Gasteiger partial charge >= 0.3 is 5.97 Å². The monoisotopic (exact) mass is 353 g/mol. The molecule has 0 saturated heterocycles. The van der Waals surface area contributed by atoms with Crippen molar-refractivity contribution in [2.75, 3.05) is 4.72 Å². The van der Waals surface area contributed by atoms with Gasteiger partial charge in [0.05, 0.1) is 4.90 Å². The SMILES string of the molecule is O=C(O)c1cc(S(=O)(=O)Nc2cc(Cl)nc(Cl)n2)cs1. The van der Waals surface area contributed by atoms with Crippen LogP contribution in [0.2, 0.25) is 10.4 Å². The number of carboxylic acid groups (broad SMARTS) is 1. The van der Waals surface area contributed by atoms with Crippen molar-refractivity contribution in [1.82, 2.24) is 9.97 Å². The number of nitrogens with zero attached hydrogens (tertiary/aromatic N) is 2. The molecule has 0 radical (unpaired) electrons. The standard InChI is InChI=1S/C9H5Cl2N3O4S2/c10-6-2-7(13-9(11)12-6)14-20(17,18)4-1-5(8(15)16)19-3-4/h1-3H,(H,15,16)(H,12,13,14). The molecule has 0 aliphatic heterocycles. The molecule has 0 spiro atoms. The first-order valence-corrected chi connectivity index (χ1v) is 7.94. The molecule has 0 fully saturated rings. The summed E-state index contributed by atoms with van der Waals surface area (Å²) >= 11 is 12.0. The molecule has 0 aromatic carbocycles. The lowest BCUT2D eigenvalue weighted by atomic mass is 10.5. The molecule has 0 bridgehead atoms. The fraction of sp³-hybridized carbons (Fsp3) is 0. The van der Waals surface area contributed by atoms with E-state index in [1.165, 1.54) is 11.4 Å². The Bertz CT molecular complexity index is 755. The predicted molar refractivity (Wildman–Crippen MR) is 74.1 cm³/mol. The first-order valence-electron chi connectivity index (χ1n) is 4.82. The van der Waals surface area contributed by atoms with Crippen molar-refractivity contribution < 1.29 is 18.3 Å². The fourth-order valence-electron chi connectivity index (χ4n) is 1.21. The van der Waals surface area contributed by atoms with Gasteiger partial charge in [-0.1, -0.05) is 11.6 Å². The highest BCUT2D eigenvalue weighted by Gasteiger charge is 2.19. The van der Waals surface area contributed by atoms with E-state index in [1.807, 2.05) is 0 Å². The van der Waals surface area contributed by atoms with E-state index in [2.05, 4.69) is 14.7 Å². The second kappa shape index (κ2) is 5.52. The third-order valence-corrected chi connectivity index (χ3v) is 4.77.